The first-order chi connectivity index (χ1) is 17.0. The number of aryl methyl sites for hydroxylation is 1. The Hall–Kier alpha value is -3.68. The van der Waals surface area contributed by atoms with E-state index in [1.807, 2.05) is 52.8 Å². The number of hydrogen-bond acceptors (Lipinski definition) is 4. The maximum Gasteiger partial charge on any atom is 0.410 e. The standard InChI is InChI=1S/C28H33FN4O3/c1-18-7-6-8-24(19(18)2)31-26(34)23-17-30-33(22-11-9-21(29)10-12-22)25(23)20-13-15-32(16-14-20)27(35)36-28(3,4)5/h6-12,17,20H,13-16H2,1-5H3,(H,31,34). The van der Waals surface area contributed by atoms with Crippen LogP contribution in [0, 0.1) is 19.7 Å². The first-order valence-electron chi connectivity index (χ1n) is 12.2. The maximum atomic E-state index is 13.6. The molecule has 2 heterocycles. The number of likely N-dealkylation sites (tertiary alicyclic amines) is 1. The van der Waals surface area contributed by atoms with Crippen LogP contribution in [0.1, 0.15) is 66.7 Å². The van der Waals surface area contributed by atoms with Crippen LogP contribution >= 0.6 is 0 Å². The fraction of sp³-hybridized carbons (Fsp3) is 0.393. The van der Waals surface area contributed by atoms with Crippen molar-refractivity contribution in [1.29, 1.82) is 0 Å². The SMILES string of the molecule is Cc1cccc(NC(=O)c2cnn(-c3ccc(F)cc3)c2C2CCN(C(=O)OC(C)(C)C)CC2)c1C. The highest BCUT2D eigenvalue weighted by molar-refractivity contribution is 6.05. The van der Waals surface area contributed by atoms with Crippen LogP contribution in [-0.2, 0) is 4.74 Å². The highest BCUT2D eigenvalue weighted by Gasteiger charge is 2.32. The van der Waals surface area contributed by atoms with Crippen molar-refractivity contribution in [2.75, 3.05) is 18.4 Å². The van der Waals surface area contributed by atoms with Gasteiger partial charge in [-0.1, -0.05) is 12.1 Å². The number of aromatic nitrogens is 2. The van der Waals surface area contributed by atoms with Gasteiger partial charge in [0.1, 0.15) is 11.4 Å². The van der Waals surface area contributed by atoms with Crippen LogP contribution in [0.15, 0.2) is 48.7 Å². The van der Waals surface area contributed by atoms with E-state index in [1.54, 1.807) is 27.9 Å². The minimum atomic E-state index is -0.561. The van der Waals surface area contributed by atoms with Crippen LogP contribution in [0.3, 0.4) is 0 Å². The van der Waals surface area contributed by atoms with Crippen molar-refractivity contribution in [3.05, 3.63) is 76.9 Å². The summed E-state index contributed by atoms with van der Waals surface area (Å²) in [6.45, 7) is 10.5. The molecule has 7 nitrogen and oxygen atoms in total. The third kappa shape index (κ3) is 5.58. The molecule has 1 N–H and O–H groups in total. The van der Waals surface area contributed by atoms with Crippen molar-refractivity contribution in [3.8, 4) is 5.69 Å². The molecule has 0 unspecified atom stereocenters. The quantitative estimate of drug-likeness (QED) is 0.485. The average molecular weight is 493 g/mol. The second-order valence-corrected chi connectivity index (χ2v) is 10.3. The summed E-state index contributed by atoms with van der Waals surface area (Å²) in [6, 6.07) is 11.8. The van der Waals surface area contributed by atoms with E-state index in [9.17, 15) is 14.0 Å². The number of amides is 2. The Bertz CT molecular complexity index is 1250. The Balaban J connectivity index is 1.63. The molecule has 8 heteroatoms. The summed E-state index contributed by atoms with van der Waals surface area (Å²) in [4.78, 5) is 27.7. The lowest BCUT2D eigenvalue weighted by Crippen LogP contribution is -2.41. The normalized spacial score (nSPS) is 14.6. The molecule has 1 saturated heterocycles. The molecular weight excluding hydrogens is 459 g/mol. The molecule has 2 aromatic carbocycles. The smallest absolute Gasteiger partial charge is 0.410 e. The zero-order chi connectivity index (χ0) is 26.0. The summed E-state index contributed by atoms with van der Waals surface area (Å²) in [5, 5.41) is 7.56. The number of rotatable bonds is 4. The third-order valence-electron chi connectivity index (χ3n) is 6.51. The Morgan fingerprint density at radius 2 is 1.72 bits per heavy atom. The Morgan fingerprint density at radius 3 is 2.36 bits per heavy atom. The molecule has 36 heavy (non-hydrogen) atoms. The van der Waals surface area contributed by atoms with E-state index < -0.39 is 5.60 Å². The van der Waals surface area contributed by atoms with Gasteiger partial charge in [0, 0.05) is 24.7 Å². The summed E-state index contributed by atoms with van der Waals surface area (Å²) in [5.74, 6) is -0.608. The fourth-order valence-corrected chi connectivity index (χ4v) is 4.45. The van der Waals surface area contributed by atoms with E-state index in [1.165, 1.54) is 12.1 Å². The van der Waals surface area contributed by atoms with Crippen molar-refractivity contribution in [3.63, 3.8) is 0 Å². The van der Waals surface area contributed by atoms with E-state index in [0.29, 0.717) is 37.2 Å². The molecule has 0 radical (unpaired) electrons. The van der Waals surface area contributed by atoms with Gasteiger partial charge in [-0.15, -0.1) is 0 Å². The Kier molecular flexibility index (Phi) is 7.15. The van der Waals surface area contributed by atoms with Gasteiger partial charge in [-0.25, -0.2) is 13.9 Å². The van der Waals surface area contributed by atoms with Gasteiger partial charge < -0.3 is 15.0 Å². The van der Waals surface area contributed by atoms with Crippen LogP contribution in [0.4, 0.5) is 14.9 Å². The van der Waals surface area contributed by atoms with Crippen LogP contribution < -0.4 is 5.32 Å². The predicted octanol–water partition coefficient (Wildman–Crippen LogP) is 6.00. The van der Waals surface area contributed by atoms with E-state index in [4.69, 9.17) is 4.74 Å². The highest BCUT2D eigenvalue weighted by Crippen LogP contribution is 2.33. The van der Waals surface area contributed by atoms with Crippen molar-refractivity contribution < 1.29 is 18.7 Å². The van der Waals surface area contributed by atoms with E-state index >= 15 is 0 Å². The molecule has 3 aromatic rings. The Labute approximate surface area is 211 Å². The van der Waals surface area contributed by atoms with Crippen LogP contribution in [-0.4, -0.2) is 45.4 Å². The topological polar surface area (TPSA) is 76.5 Å². The molecular formula is C28H33FN4O3. The number of benzene rings is 2. The zero-order valence-electron chi connectivity index (χ0n) is 21.5. The summed E-state index contributed by atoms with van der Waals surface area (Å²) < 4.78 is 20.8. The predicted molar refractivity (Wildman–Crippen MR) is 137 cm³/mol. The molecule has 0 spiro atoms. The maximum absolute atomic E-state index is 13.6. The van der Waals surface area contributed by atoms with Gasteiger partial charge in [-0.2, -0.15) is 5.10 Å². The van der Waals surface area contributed by atoms with Crippen molar-refractivity contribution in [2.24, 2.45) is 0 Å². The molecule has 1 fully saturated rings. The minimum absolute atomic E-state index is 0.0180. The summed E-state index contributed by atoms with van der Waals surface area (Å²) in [7, 11) is 0. The zero-order valence-corrected chi connectivity index (χ0v) is 21.5. The van der Waals surface area contributed by atoms with E-state index in [0.717, 1.165) is 22.5 Å². The monoisotopic (exact) mass is 492 g/mol. The number of anilines is 1. The number of carbonyl (C=O) groups excluding carboxylic acids is 2. The first kappa shape index (κ1) is 25.4. The molecule has 0 saturated carbocycles. The lowest BCUT2D eigenvalue weighted by molar-refractivity contribution is 0.0203. The fourth-order valence-electron chi connectivity index (χ4n) is 4.45. The van der Waals surface area contributed by atoms with Crippen molar-refractivity contribution >= 4 is 17.7 Å². The number of nitrogens with one attached hydrogen (secondary N) is 1. The van der Waals surface area contributed by atoms with E-state index in [2.05, 4.69) is 10.4 Å². The molecule has 0 bridgehead atoms. The van der Waals surface area contributed by atoms with Crippen LogP contribution in [0.25, 0.3) is 5.69 Å². The lowest BCUT2D eigenvalue weighted by Gasteiger charge is -2.34. The van der Waals surface area contributed by atoms with Gasteiger partial charge >= 0.3 is 6.09 Å². The molecule has 0 aliphatic carbocycles. The molecule has 2 amide bonds. The largest absolute Gasteiger partial charge is 0.444 e. The number of piperidine rings is 1. The summed E-state index contributed by atoms with van der Waals surface area (Å²) >= 11 is 0. The molecule has 4 rings (SSSR count). The average Bonchev–Trinajstić information content (AvgIpc) is 3.27. The molecule has 1 aliphatic heterocycles. The molecule has 1 aromatic heterocycles. The van der Waals surface area contributed by atoms with E-state index in [-0.39, 0.29) is 23.7 Å². The van der Waals surface area contributed by atoms with Gasteiger partial charge in [0.05, 0.1) is 23.1 Å². The second kappa shape index (κ2) is 10.1. The molecule has 190 valence electrons. The molecule has 1 aliphatic rings. The number of ether oxygens (including phenoxy) is 1. The Morgan fingerprint density at radius 1 is 1.06 bits per heavy atom. The first-order valence-corrected chi connectivity index (χ1v) is 12.2. The third-order valence-corrected chi connectivity index (χ3v) is 6.51. The van der Waals surface area contributed by atoms with Crippen molar-refractivity contribution in [1.82, 2.24) is 14.7 Å². The van der Waals surface area contributed by atoms with Gasteiger partial charge in [0.2, 0.25) is 0 Å². The van der Waals surface area contributed by atoms with Gasteiger partial charge in [-0.05, 0) is 88.9 Å². The lowest BCUT2D eigenvalue weighted by atomic mass is 9.90. The number of halogens is 1. The second-order valence-electron chi connectivity index (χ2n) is 10.3. The summed E-state index contributed by atoms with van der Waals surface area (Å²) in [5.41, 5.74) is 4.18. The van der Waals surface area contributed by atoms with Crippen molar-refractivity contribution in [2.45, 2.75) is 59.0 Å². The molecule has 0 atom stereocenters. The minimum Gasteiger partial charge on any atom is -0.444 e. The van der Waals surface area contributed by atoms with Gasteiger partial charge in [-0.3, -0.25) is 4.79 Å². The number of carbonyl (C=O) groups is 2. The number of hydrogen-bond donors (Lipinski definition) is 1. The van der Waals surface area contributed by atoms with Gasteiger partial charge in [0.25, 0.3) is 5.91 Å². The summed E-state index contributed by atoms with van der Waals surface area (Å²) in [6.07, 6.45) is 2.53. The van der Waals surface area contributed by atoms with Crippen LogP contribution in [0.2, 0.25) is 0 Å². The van der Waals surface area contributed by atoms with Gasteiger partial charge in [0.15, 0.2) is 0 Å². The highest BCUT2D eigenvalue weighted by atomic mass is 19.1. The number of nitrogens with zero attached hydrogens (tertiary/aromatic N) is 3. The van der Waals surface area contributed by atoms with Crippen LogP contribution in [0.5, 0.6) is 0 Å².